The van der Waals surface area contributed by atoms with E-state index in [2.05, 4.69) is 33.4 Å². The van der Waals surface area contributed by atoms with Gasteiger partial charge in [0.1, 0.15) is 9.57 Å². The summed E-state index contributed by atoms with van der Waals surface area (Å²) < 4.78 is 6.56. The fourth-order valence-electron chi connectivity index (χ4n) is 1.37. The van der Waals surface area contributed by atoms with Crippen LogP contribution in [-0.4, -0.2) is 11.9 Å². The summed E-state index contributed by atoms with van der Waals surface area (Å²) in [6.07, 6.45) is 1.02. The second-order valence-electron chi connectivity index (χ2n) is 3.41. The lowest BCUT2D eigenvalue weighted by Gasteiger charge is -2.05. The molecule has 1 aromatic heterocycles. The minimum absolute atomic E-state index is 0.747. The van der Waals surface area contributed by atoms with E-state index in [1.807, 2.05) is 12.1 Å². The van der Waals surface area contributed by atoms with Crippen molar-refractivity contribution in [3.63, 3.8) is 0 Å². The van der Waals surface area contributed by atoms with Gasteiger partial charge in [0.15, 0.2) is 0 Å². The third-order valence-corrected chi connectivity index (χ3v) is 5.45. The number of rotatable bonds is 5. The van der Waals surface area contributed by atoms with Crippen molar-refractivity contribution in [2.75, 3.05) is 11.9 Å². The van der Waals surface area contributed by atoms with Gasteiger partial charge in [-0.2, -0.15) is 0 Å². The molecule has 2 aromatic rings. The first-order valence-electron chi connectivity index (χ1n) is 5.18. The molecular weight excluding hydrogens is 336 g/mol. The fourth-order valence-corrected chi connectivity index (χ4v) is 4.00. The van der Waals surface area contributed by atoms with Gasteiger partial charge in [-0.15, -0.1) is 0 Å². The van der Waals surface area contributed by atoms with Crippen LogP contribution in [0.5, 0.6) is 5.75 Å². The highest BCUT2D eigenvalue weighted by Crippen LogP contribution is 2.29. The zero-order valence-electron chi connectivity index (χ0n) is 9.02. The first-order chi connectivity index (χ1) is 8.31. The summed E-state index contributed by atoms with van der Waals surface area (Å²) in [6, 6.07) is 8.13. The van der Waals surface area contributed by atoms with E-state index in [9.17, 15) is 0 Å². The molecule has 0 saturated heterocycles. The molecule has 17 heavy (non-hydrogen) atoms. The van der Waals surface area contributed by atoms with Crippen molar-refractivity contribution in [1.29, 1.82) is 0 Å². The number of halogens is 1. The van der Waals surface area contributed by atoms with Crippen molar-refractivity contribution in [2.24, 2.45) is 0 Å². The Hall–Kier alpha value is -0.230. The number of alkyl halides is 1. The molecule has 0 aliphatic carbocycles. The lowest BCUT2D eigenvalue weighted by molar-refractivity contribution is 0.319. The number of benzene rings is 1. The third-order valence-electron chi connectivity index (χ3n) is 2.22. The smallest absolute Gasteiger partial charge is 0.119 e. The second kappa shape index (κ2) is 6.64. The summed E-state index contributed by atoms with van der Waals surface area (Å²) in [6.45, 7) is 0.747. The van der Waals surface area contributed by atoms with E-state index in [1.165, 1.54) is 5.56 Å². The summed E-state index contributed by atoms with van der Waals surface area (Å²) in [4.78, 5) is 0. The Labute approximate surface area is 122 Å². The van der Waals surface area contributed by atoms with E-state index >= 15 is 0 Å². The van der Waals surface area contributed by atoms with Crippen LogP contribution in [0, 0.1) is 3.82 Å². The summed E-state index contributed by atoms with van der Waals surface area (Å²) in [5.74, 6) is 0.916. The highest BCUT2D eigenvalue weighted by molar-refractivity contribution is 9.09. The van der Waals surface area contributed by atoms with Crippen molar-refractivity contribution < 1.29 is 4.74 Å². The van der Waals surface area contributed by atoms with Crippen molar-refractivity contribution in [1.82, 2.24) is 0 Å². The predicted octanol–water partition coefficient (Wildman–Crippen LogP) is 5.37. The molecular formula is C12H11BrOS3. The summed E-state index contributed by atoms with van der Waals surface area (Å²) >= 11 is 8.66. The fraction of sp³-hybridized carbons (Fsp3) is 0.250. The zero-order chi connectivity index (χ0) is 12.1. The van der Waals surface area contributed by atoms with Crippen molar-refractivity contribution in [2.45, 2.75) is 6.42 Å². The molecule has 0 bridgehead atoms. The van der Waals surface area contributed by atoms with Crippen LogP contribution < -0.4 is 4.74 Å². The highest BCUT2D eigenvalue weighted by Gasteiger charge is 2.02. The molecule has 1 aromatic carbocycles. The minimum atomic E-state index is 0.747. The van der Waals surface area contributed by atoms with Crippen LogP contribution in [0.15, 0.2) is 29.6 Å². The van der Waals surface area contributed by atoms with Crippen molar-refractivity contribution in [3.8, 4) is 16.9 Å². The van der Waals surface area contributed by atoms with Gasteiger partial charge >= 0.3 is 0 Å². The van der Waals surface area contributed by atoms with E-state index in [0.717, 1.165) is 33.5 Å². The minimum Gasteiger partial charge on any atom is -0.494 e. The molecule has 2 rings (SSSR count). The number of hydrogen-bond acceptors (Lipinski definition) is 4. The van der Waals surface area contributed by atoms with Crippen LogP contribution in [0.2, 0.25) is 0 Å². The SMILES string of the molecule is S=c1sscc1-c1ccc(OCCCBr)cc1. The first-order valence-corrected chi connectivity index (χ1v) is 8.92. The molecule has 5 heteroatoms. The van der Waals surface area contributed by atoms with Gasteiger partial charge in [0.25, 0.3) is 0 Å². The van der Waals surface area contributed by atoms with E-state index in [4.69, 9.17) is 17.0 Å². The predicted molar refractivity (Wildman–Crippen MR) is 82.4 cm³/mol. The number of hydrogen-bond donors (Lipinski definition) is 0. The van der Waals surface area contributed by atoms with Crippen LogP contribution in [0.25, 0.3) is 11.1 Å². The van der Waals surface area contributed by atoms with Gasteiger partial charge in [-0.3, -0.25) is 0 Å². The maximum atomic E-state index is 5.60. The normalized spacial score (nSPS) is 10.4. The second-order valence-corrected chi connectivity index (χ2v) is 6.95. The molecule has 0 amide bonds. The van der Waals surface area contributed by atoms with Crippen LogP contribution >= 0.6 is 48.8 Å². The molecule has 0 aliphatic heterocycles. The standard InChI is InChI=1S/C12H11BrOS3/c13-6-1-7-14-10-4-2-9(3-5-10)11-8-16-17-12(11)15/h2-5,8H,1,6-7H2. The summed E-state index contributed by atoms with van der Waals surface area (Å²) in [5, 5.41) is 3.08. The lowest BCUT2D eigenvalue weighted by Crippen LogP contribution is -1.97. The van der Waals surface area contributed by atoms with Gasteiger partial charge in [-0.25, -0.2) is 0 Å². The Morgan fingerprint density at radius 1 is 1.24 bits per heavy atom. The van der Waals surface area contributed by atoms with Gasteiger partial charge in [0, 0.05) is 16.3 Å². The molecule has 1 heterocycles. The summed E-state index contributed by atoms with van der Waals surface area (Å²) in [7, 11) is 3.32. The van der Waals surface area contributed by atoms with Gasteiger partial charge in [-0.05, 0) is 24.1 Å². The monoisotopic (exact) mass is 346 g/mol. The lowest BCUT2D eigenvalue weighted by atomic mass is 10.1. The molecule has 1 nitrogen and oxygen atoms in total. The molecule has 0 radical (unpaired) electrons. The molecule has 0 spiro atoms. The highest BCUT2D eigenvalue weighted by atomic mass is 79.9. The maximum Gasteiger partial charge on any atom is 0.119 e. The average molecular weight is 347 g/mol. The molecule has 0 atom stereocenters. The Bertz CT molecular complexity index is 515. The average Bonchev–Trinajstić information content (AvgIpc) is 2.77. The van der Waals surface area contributed by atoms with Crippen LogP contribution in [-0.2, 0) is 0 Å². The quantitative estimate of drug-likeness (QED) is 0.311. The van der Waals surface area contributed by atoms with E-state index in [-0.39, 0.29) is 0 Å². The molecule has 0 saturated carbocycles. The van der Waals surface area contributed by atoms with Crippen molar-refractivity contribution >= 4 is 48.8 Å². The Kier molecular flexibility index (Phi) is 5.16. The van der Waals surface area contributed by atoms with Crippen molar-refractivity contribution in [3.05, 3.63) is 33.5 Å². The Balaban J connectivity index is 2.08. The zero-order valence-corrected chi connectivity index (χ0v) is 13.1. The molecule has 0 aliphatic rings. The van der Waals surface area contributed by atoms with E-state index in [1.54, 1.807) is 20.7 Å². The maximum absolute atomic E-state index is 5.60. The van der Waals surface area contributed by atoms with Gasteiger partial charge in [-0.1, -0.05) is 61.0 Å². The Morgan fingerprint density at radius 3 is 2.59 bits per heavy atom. The summed E-state index contributed by atoms with van der Waals surface area (Å²) in [5.41, 5.74) is 2.32. The van der Waals surface area contributed by atoms with E-state index < -0.39 is 0 Å². The number of ether oxygens (including phenoxy) is 1. The van der Waals surface area contributed by atoms with Gasteiger partial charge in [0.05, 0.1) is 6.61 Å². The molecule has 90 valence electrons. The van der Waals surface area contributed by atoms with Crippen LogP contribution in [0.1, 0.15) is 6.42 Å². The van der Waals surface area contributed by atoms with Gasteiger partial charge in [0.2, 0.25) is 0 Å². The largest absolute Gasteiger partial charge is 0.494 e. The third kappa shape index (κ3) is 3.61. The topological polar surface area (TPSA) is 9.23 Å². The molecule has 0 unspecified atom stereocenters. The Morgan fingerprint density at radius 2 is 2.00 bits per heavy atom. The van der Waals surface area contributed by atoms with Gasteiger partial charge < -0.3 is 4.74 Å². The van der Waals surface area contributed by atoms with E-state index in [0.29, 0.717) is 0 Å². The van der Waals surface area contributed by atoms with Crippen LogP contribution in [0.3, 0.4) is 0 Å². The molecule has 0 N–H and O–H groups in total. The van der Waals surface area contributed by atoms with Crippen LogP contribution in [0.4, 0.5) is 0 Å². The first kappa shape index (κ1) is 13.2. The molecule has 0 fully saturated rings.